The van der Waals surface area contributed by atoms with Crippen molar-refractivity contribution < 1.29 is 37.0 Å². The highest BCUT2D eigenvalue weighted by atomic mass is 19.4. The van der Waals surface area contributed by atoms with Gasteiger partial charge in [0, 0.05) is 36.6 Å². The minimum atomic E-state index is -4.78. The lowest BCUT2D eigenvalue weighted by Gasteiger charge is -2.32. The zero-order valence-corrected chi connectivity index (χ0v) is 23.4. The first-order valence-electron chi connectivity index (χ1n) is 13.2. The van der Waals surface area contributed by atoms with Crippen LogP contribution in [0.15, 0.2) is 60.9 Å². The standard InChI is InChI=1S/C30H31F3N4O5/c1-29(2,3)42-28(40)36-24-16-25(37-10-12-41-13-11-37)22(30(31,32)33)15-23(24)35-27(39)17-26(38)20-7-4-6-19(14-20)21-8-5-9-34-18-21/h4-9,14-16,18H,10-13,17H2,1-3H3,(H,35,39)(H,36,40). The van der Waals surface area contributed by atoms with Crippen LogP contribution in [0.5, 0.6) is 0 Å². The fraction of sp³-hybridized carbons (Fsp3) is 0.333. The van der Waals surface area contributed by atoms with Crippen molar-refractivity contribution in [2.75, 3.05) is 41.8 Å². The molecule has 12 heteroatoms. The fourth-order valence-corrected chi connectivity index (χ4v) is 4.35. The number of alkyl halides is 3. The van der Waals surface area contributed by atoms with E-state index in [9.17, 15) is 27.6 Å². The number of nitrogens with one attached hydrogen (secondary N) is 2. The van der Waals surface area contributed by atoms with Crippen LogP contribution in [-0.4, -0.2) is 54.7 Å². The molecule has 2 heterocycles. The molecule has 1 aliphatic rings. The number of carbonyl (C=O) groups is 3. The van der Waals surface area contributed by atoms with E-state index in [-0.39, 0.29) is 48.9 Å². The van der Waals surface area contributed by atoms with E-state index in [1.807, 2.05) is 6.07 Å². The molecular formula is C30H31F3N4O5. The minimum absolute atomic E-state index is 0.113. The summed E-state index contributed by atoms with van der Waals surface area (Å²) < 4.78 is 53.2. The van der Waals surface area contributed by atoms with E-state index < -0.39 is 41.5 Å². The number of amides is 2. The number of benzene rings is 2. The number of morpholine rings is 1. The lowest BCUT2D eigenvalue weighted by molar-refractivity contribution is -0.137. The van der Waals surface area contributed by atoms with Crippen LogP contribution < -0.4 is 15.5 Å². The molecule has 2 N–H and O–H groups in total. The Morgan fingerprint density at radius 1 is 0.952 bits per heavy atom. The number of aromatic nitrogens is 1. The number of nitrogens with zero attached hydrogens (tertiary/aromatic N) is 2. The molecule has 0 atom stereocenters. The predicted molar refractivity (Wildman–Crippen MR) is 152 cm³/mol. The van der Waals surface area contributed by atoms with Gasteiger partial charge in [0.1, 0.15) is 5.60 Å². The molecule has 222 valence electrons. The van der Waals surface area contributed by atoms with Crippen molar-refractivity contribution >= 4 is 34.8 Å². The summed E-state index contributed by atoms with van der Waals surface area (Å²) in [4.78, 5) is 44.1. The predicted octanol–water partition coefficient (Wildman–Crippen LogP) is 6.16. The molecule has 3 aromatic rings. The van der Waals surface area contributed by atoms with Crippen LogP contribution in [-0.2, 0) is 20.4 Å². The van der Waals surface area contributed by atoms with Crippen LogP contribution in [0.25, 0.3) is 11.1 Å². The quantitative estimate of drug-likeness (QED) is 0.253. The largest absolute Gasteiger partial charge is 0.444 e. The SMILES string of the molecule is CC(C)(C)OC(=O)Nc1cc(N2CCOCC2)c(C(F)(F)F)cc1NC(=O)CC(=O)c1cccc(-c2cccnc2)c1. The normalized spacial score (nSPS) is 13.8. The van der Waals surface area contributed by atoms with E-state index >= 15 is 0 Å². The highest BCUT2D eigenvalue weighted by Crippen LogP contribution is 2.42. The van der Waals surface area contributed by atoms with Crippen LogP contribution in [0.4, 0.5) is 35.0 Å². The van der Waals surface area contributed by atoms with Gasteiger partial charge < -0.3 is 19.7 Å². The van der Waals surface area contributed by atoms with E-state index in [2.05, 4.69) is 15.6 Å². The zero-order valence-electron chi connectivity index (χ0n) is 23.4. The Balaban J connectivity index is 1.62. The van der Waals surface area contributed by atoms with Crippen molar-refractivity contribution in [3.8, 4) is 11.1 Å². The summed E-state index contributed by atoms with van der Waals surface area (Å²) in [5.74, 6) is -1.40. The van der Waals surface area contributed by atoms with Gasteiger partial charge in [-0.05, 0) is 50.6 Å². The van der Waals surface area contributed by atoms with Gasteiger partial charge in [-0.25, -0.2) is 4.79 Å². The summed E-state index contributed by atoms with van der Waals surface area (Å²) in [5, 5.41) is 4.83. The molecule has 9 nitrogen and oxygen atoms in total. The molecule has 4 rings (SSSR count). The number of halogens is 3. The van der Waals surface area contributed by atoms with Gasteiger partial charge in [0.15, 0.2) is 5.78 Å². The third-order valence-corrected chi connectivity index (χ3v) is 6.20. The average molecular weight is 585 g/mol. The monoisotopic (exact) mass is 584 g/mol. The number of hydrogen-bond acceptors (Lipinski definition) is 7. The summed E-state index contributed by atoms with van der Waals surface area (Å²) >= 11 is 0. The molecule has 0 unspecified atom stereocenters. The highest BCUT2D eigenvalue weighted by Gasteiger charge is 2.37. The molecule has 42 heavy (non-hydrogen) atoms. The molecule has 0 aliphatic carbocycles. The van der Waals surface area contributed by atoms with Crippen molar-refractivity contribution in [1.29, 1.82) is 0 Å². The lowest BCUT2D eigenvalue weighted by atomic mass is 10.0. The topological polar surface area (TPSA) is 110 Å². The first kappa shape index (κ1) is 30.5. The number of Topliss-reactive ketones (excluding diaryl/α,β-unsaturated/α-hetero) is 1. The first-order valence-corrected chi connectivity index (χ1v) is 13.2. The van der Waals surface area contributed by atoms with Crippen molar-refractivity contribution in [3.05, 3.63) is 72.1 Å². The number of ketones is 1. The number of rotatable bonds is 7. The lowest BCUT2D eigenvalue weighted by Crippen LogP contribution is -2.37. The van der Waals surface area contributed by atoms with E-state index in [0.717, 1.165) is 17.7 Å². The molecule has 1 saturated heterocycles. The Morgan fingerprint density at radius 2 is 1.64 bits per heavy atom. The average Bonchev–Trinajstić information content (AvgIpc) is 2.93. The Bertz CT molecular complexity index is 1450. The number of hydrogen-bond donors (Lipinski definition) is 2. The van der Waals surface area contributed by atoms with Gasteiger partial charge in [0.05, 0.1) is 42.3 Å². The third-order valence-electron chi connectivity index (χ3n) is 6.20. The van der Waals surface area contributed by atoms with Crippen molar-refractivity contribution in [2.45, 2.75) is 39.0 Å². The molecule has 2 amide bonds. The fourth-order valence-electron chi connectivity index (χ4n) is 4.35. The van der Waals surface area contributed by atoms with Gasteiger partial charge in [-0.3, -0.25) is 19.9 Å². The number of anilines is 3. The summed E-state index contributed by atoms with van der Waals surface area (Å²) in [7, 11) is 0. The second kappa shape index (κ2) is 12.6. The van der Waals surface area contributed by atoms with E-state index in [4.69, 9.17) is 9.47 Å². The Labute approximate surface area is 241 Å². The van der Waals surface area contributed by atoms with Crippen molar-refractivity contribution in [1.82, 2.24) is 4.98 Å². The Kier molecular flexibility index (Phi) is 9.15. The molecule has 0 radical (unpaired) electrons. The number of ether oxygens (including phenoxy) is 2. The maximum atomic E-state index is 14.2. The number of pyridine rings is 1. The highest BCUT2D eigenvalue weighted by molar-refractivity contribution is 6.12. The smallest absolute Gasteiger partial charge is 0.418 e. The van der Waals surface area contributed by atoms with Gasteiger partial charge in [0.25, 0.3) is 0 Å². The van der Waals surface area contributed by atoms with Crippen molar-refractivity contribution in [2.24, 2.45) is 0 Å². The van der Waals surface area contributed by atoms with Gasteiger partial charge in [-0.15, -0.1) is 0 Å². The van der Waals surface area contributed by atoms with Crippen LogP contribution in [0.1, 0.15) is 43.1 Å². The molecule has 0 spiro atoms. The van der Waals surface area contributed by atoms with Gasteiger partial charge in [0.2, 0.25) is 5.91 Å². The van der Waals surface area contributed by atoms with Crippen LogP contribution in [0.2, 0.25) is 0 Å². The molecule has 0 saturated carbocycles. The van der Waals surface area contributed by atoms with Crippen LogP contribution >= 0.6 is 0 Å². The maximum Gasteiger partial charge on any atom is 0.418 e. The summed E-state index contributed by atoms with van der Waals surface area (Å²) in [6, 6.07) is 12.1. The molecule has 1 aromatic heterocycles. The first-order chi connectivity index (χ1) is 19.8. The molecule has 1 fully saturated rings. The van der Waals surface area contributed by atoms with E-state index in [1.54, 1.807) is 63.5 Å². The van der Waals surface area contributed by atoms with Gasteiger partial charge in [-0.1, -0.05) is 24.3 Å². The zero-order chi connectivity index (χ0) is 30.5. The molecular weight excluding hydrogens is 553 g/mol. The second-order valence-electron chi connectivity index (χ2n) is 10.6. The molecule has 2 aromatic carbocycles. The maximum absolute atomic E-state index is 14.2. The molecule has 0 bridgehead atoms. The summed E-state index contributed by atoms with van der Waals surface area (Å²) in [6.45, 7) is 5.77. The van der Waals surface area contributed by atoms with Crippen molar-refractivity contribution in [3.63, 3.8) is 0 Å². The Hall–Kier alpha value is -4.45. The molecule has 1 aliphatic heterocycles. The van der Waals surface area contributed by atoms with Crippen LogP contribution in [0.3, 0.4) is 0 Å². The second-order valence-corrected chi connectivity index (χ2v) is 10.6. The Morgan fingerprint density at radius 3 is 2.29 bits per heavy atom. The van der Waals surface area contributed by atoms with Crippen LogP contribution in [0, 0.1) is 0 Å². The third kappa shape index (κ3) is 8.06. The van der Waals surface area contributed by atoms with E-state index in [1.165, 1.54) is 4.90 Å². The number of carbonyl (C=O) groups excluding carboxylic acids is 3. The summed E-state index contributed by atoms with van der Waals surface area (Å²) in [6.07, 6.45) is -3.09. The minimum Gasteiger partial charge on any atom is -0.444 e. The summed E-state index contributed by atoms with van der Waals surface area (Å²) in [5.41, 5.74) is -0.782. The van der Waals surface area contributed by atoms with Gasteiger partial charge in [-0.2, -0.15) is 13.2 Å². The van der Waals surface area contributed by atoms with E-state index in [0.29, 0.717) is 5.56 Å². The van der Waals surface area contributed by atoms with Gasteiger partial charge >= 0.3 is 12.3 Å².